The number of benzene rings is 1. The Labute approximate surface area is 128 Å². The molecule has 0 aliphatic heterocycles. The molecule has 1 aromatic rings. The van der Waals surface area contributed by atoms with Crippen LogP contribution in [0.2, 0.25) is 0 Å². The second-order valence-electron chi connectivity index (χ2n) is 6.29. The minimum Gasteiger partial charge on any atom is -0.398 e. The van der Waals surface area contributed by atoms with Gasteiger partial charge < -0.3 is 5.73 Å². The molecule has 4 nitrogen and oxygen atoms in total. The Kier molecular flexibility index (Phi) is 5.27. The van der Waals surface area contributed by atoms with Gasteiger partial charge >= 0.3 is 0 Å². The van der Waals surface area contributed by atoms with Crippen LogP contribution in [0.4, 0.5) is 5.69 Å². The van der Waals surface area contributed by atoms with Crippen molar-refractivity contribution in [3.63, 3.8) is 0 Å². The van der Waals surface area contributed by atoms with E-state index in [9.17, 15) is 8.42 Å². The number of nitrogen functional groups attached to an aromatic ring is 1. The number of sulfonamides is 1. The van der Waals surface area contributed by atoms with Gasteiger partial charge in [0.05, 0.1) is 4.90 Å². The summed E-state index contributed by atoms with van der Waals surface area (Å²) < 4.78 is 27.4. The van der Waals surface area contributed by atoms with Crippen LogP contribution in [0.3, 0.4) is 0 Å². The van der Waals surface area contributed by atoms with Crippen molar-refractivity contribution in [2.45, 2.75) is 50.8 Å². The number of nitrogens with one attached hydrogen (secondary N) is 1. The Morgan fingerprint density at radius 1 is 1.33 bits per heavy atom. The molecule has 0 bridgehead atoms. The van der Waals surface area contributed by atoms with Gasteiger partial charge in [-0.1, -0.05) is 32.3 Å². The summed E-state index contributed by atoms with van der Waals surface area (Å²) in [6.07, 6.45) is 5.95. The van der Waals surface area contributed by atoms with Gasteiger partial charge in [0.1, 0.15) is 0 Å². The Morgan fingerprint density at radius 3 is 2.81 bits per heavy atom. The van der Waals surface area contributed by atoms with Crippen LogP contribution in [0.1, 0.15) is 44.6 Å². The molecule has 1 aliphatic rings. The van der Waals surface area contributed by atoms with Crippen LogP contribution < -0.4 is 10.5 Å². The summed E-state index contributed by atoms with van der Waals surface area (Å²) in [5, 5.41) is 0. The third-order valence-electron chi connectivity index (χ3n) is 4.51. The molecule has 0 saturated heterocycles. The average Bonchev–Trinajstić information content (AvgIpc) is 2.41. The molecule has 0 aromatic heterocycles. The van der Waals surface area contributed by atoms with E-state index in [4.69, 9.17) is 5.73 Å². The molecule has 1 aromatic carbocycles. The molecule has 0 amide bonds. The molecule has 21 heavy (non-hydrogen) atoms. The molecule has 5 heteroatoms. The Balaban J connectivity index is 1.94. The lowest BCUT2D eigenvalue weighted by atomic mass is 9.81. The maximum absolute atomic E-state index is 12.3. The first kappa shape index (κ1) is 16.3. The highest BCUT2D eigenvalue weighted by Crippen LogP contribution is 2.30. The largest absolute Gasteiger partial charge is 0.398 e. The highest BCUT2D eigenvalue weighted by molar-refractivity contribution is 7.89. The van der Waals surface area contributed by atoms with E-state index in [1.807, 2.05) is 0 Å². The molecule has 0 heterocycles. The van der Waals surface area contributed by atoms with E-state index in [1.54, 1.807) is 25.1 Å². The number of hydrogen-bond acceptors (Lipinski definition) is 3. The number of hydrogen-bond donors (Lipinski definition) is 2. The maximum Gasteiger partial charge on any atom is 0.240 e. The molecule has 1 aliphatic carbocycles. The molecule has 2 unspecified atom stereocenters. The molecule has 118 valence electrons. The molecule has 2 rings (SSSR count). The Hall–Kier alpha value is -1.07. The third kappa shape index (κ3) is 4.20. The molecule has 1 fully saturated rings. The lowest BCUT2D eigenvalue weighted by molar-refractivity contribution is 0.271. The van der Waals surface area contributed by atoms with E-state index in [0.717, 1.165) is 12.3 Å². The quantitative estimate of drug-likeness (QED) is 0.821. The standard InChI is InChI=1S/C16H26N2O2S/c1-12-5-3-6-14(11-12)9-10-18-21(19,20)16-8-4-7-15(17)13(16)2/h4,7-8,12,14,18H,3,5-6,9-11,17H2,1-2H3. The normalized spacial score (nSPS) is 23.1. The van der Waals surface area contributed by atoms with Crippen LogP contribution in [0.15, 0.2) is 23.1 Å². The van der Waals surface area contributed by atoms with Gasteiger partial charge in [-0.3, -0.25) is 0 Å². The third-order valence-corrected chi connectivity index (χ3v) is 6.11. The average molecular weight is 310 g/mol. The minimum atomic E-state index is -3.46. The van der Waals surface area contributed by atoms with Crippen molar-refractivity contribution in [3.8, 4) is 0 Å². The Morgan fingerprint density at radius 2 is 2.10 bits per heavy atom. The van der Waals surface area contributed by atoms with E-state index in [1.165, 1.54) is 25.7 Å². The lowest BCUT2D eigenvalue weighted by Gasteiger charge is -2.26. The van der Waals surface area contributed by atoms with Crippen molar-refractivity contribution in [1.82, 2.24) is 4.72 Å². The van der Waals surface area contributed by atoms with Crippen LogP contribution in [-0.2, 0) is 10.0 Å². The van der Waals surface area contributed by atoms with Gasteiger partial charge in [-0.05, 0) is 49.3 Å². The zero-order valence-corrected chi connectivity index (χ0v) is 13.7. The van der Waals surface area contributed by atoms with E-state index < -0.39 is 10.0 Å². The minimum absolute atomic E-state index is 0.291. The second kappa shape index (κ2) is 6.79. The van der Waals surface area contributed by atoms with Crippen molar-refractivity contribution in [3.05, 3.63) is 23.8 Å². The Bertz CT molecular complexity index is 584. The van der Waals surface area contributed by atoms with E-state index in [-0.39, 0.29) is 0 Å². The first-order valence-corrected chi connectivity index (χ1v) is 9.23. The SMILES string of the molecule is Cc1c(N)cccc1S(=O)(=O)NCCC1CCCC(C)C1. The van der Waals surface area contributed by atoms with Crippen LogP contribution in [-0.4, -0.2) is 15.0 Å². The second-order valence-corrected chi connectivity index (χ2v) is 8.03. The zero-order chi connectivity index (χ0) is 15.5. The smallest absolute Gasteiger partial charge is 0.240 e. The van der Waals surface area contributed by atoms with Gasteiger partial charge in [-0.2, -0.15) is 0 Å². The predicted molar refractivity (Wildman–Crippen MR) is 86.5 cm³/mol. The first-order valence-electron chi connectivity index (χ1n) is 7.75. The van der Waals surface area contributed by atoms with Gasteiger partial charge in [0.25, 0.3) is 0 Å². The number of nitrogens with two attached hydrogens (primary N) is 1. The number of rotatable bonds is 5. The predicted octanol–water partition coefficient (Wildman–Crippen LogP) is 3.07. The summed E-state index contributed by atoms with van der Waals surface area (Å²) >= 11 is 0. The molecule has 0 radical (unpaired) electrons. The van der Waals surface area contributed by atoms with Crippen molar-refractivity contribution in [2.75, 3.05) is 12.3 Å². The fourth-order valence-corrected chi connectivity index (χ4v) is 4.54. The van der Waals surface area contributed by atoms with Crippen LogP contribution >= 0.6 is 0 Å². The summed E-state index contributed by atoms with van der Waals surface area (Å²) in [4.78, 5) is 0.291. The van der Waals surface area contributed by atoms with Gasteiger partial charge in [0.15, 0.2) is 0 Å². The monoisotopic (exact) mass is 310 g/mol. The molecule has 0 spiro atoms. The van der Waals surface area contributed by atoms with Gasteiger partial charge in [0.2, 0.25) is 10.0 Å². The summed E-state index contributed by atoms with van der Waals surface area (Å²) in [5.74, 6) is 1.43. The van der Waals surface area contributed by atoms with E-state index >= 15 is 0 Å². The molecule has 3 N–H and O–H groups in total. The first-order chi connectivity index (χ1) is 9.90. The van der Waals surface area contributed by atoms with Crippen LogP contribution in [0.25, 0.3) is 0 Å². The van der Waals surface area contributed by atoms with Gasteiger partial charge in [-0.25, -0.2) is 13.1 Å². The highest BCUT2D eigenvalue weighted by atomic mass is 32.2. The van der Waals surface area contributed by atoms with Crippen molar-refractivity contribution in [1.29, 1.82) is 0 Å². The van der Waals surface area contributed by atoms with Crippen molar-refractivity contribution < 1.29 is 8.42 Å². The fraction of sp³-hybridized carbons (Fsp3) is 0.625. The van der Waals surface area contributed by atoms with Crippen molar-refractivity contribution >= 4 is 15.7 Å². The molecule has 2 atom stereocenters. The molecule has 1 saturated carbocycles. The molecular formula is C16H26N2O2S. The fourth-order valence-electron chi connectivity index (χ4n) is 3.22. The van der Waals surface area contributed by atoms with Crippen LogP contribution in [0.5, 0.6) is 0 Å². The summed E-state index contributed by atoms with van der Waals surface area (Å²) in [7, 11) is -3.46. The van der Waals surface area contributed by atoms with Gasteiger partial charge in [-0.15, -0.1) is 0 Å². The topological polar surface area (TPSA) is 72.2 Å². The van der Waals surface area contributed by atoms with Crippen molar-refractivity contribution in [2.24, 2.45) is 11.8 Å². The number of anilines is 1. The maximum atomic E-state index is 12.3. The lowest BCUT2D eigenvalue weighted by Crippen LogP contribution is -2.28. The van der Waals surface area contributed by atoms with Gasteiger partial charge in [0, 0.05) is 12.2 Å². The highest BCUT2D eigenvalue weighted by Gasteiger charge is 2.21. The zero-order valence-electron chi connectivity index (χ0n) is 12.9. The summed E-state index contributed by atoms with van der Waals surface area (Å²) in [5.41, 5.74) is 6.92. The summed E-state index contributed by atoms with van der Waals surface area (Å²) in [6.45, 7) is 4.53. The van der Waals surface area contributed by atoms with E-state index in [0.29, 0.717) is 28.6 Å². The summed E-state index contributed by atoms with van der Waals surface area (Å²) in [6, 6.07) is 5.01. The van der Waals surface area contributed by atoms with E-state index in [2.05, 4.69) is 11.6 Å². The van der Waals surface area contributed by atoms with Crippen LogP contribution in [0, 0.1) is 18.8 Å². The molecular weight excluding hydrogens is 284 g/mol.